The van der Waals surface area contributed by atoms with E-state index in [9.17, 15) is 0 Å². The van der Waals surface area contributed by atoms with Crippen LogP contribution in [-0.2, 0) is 13.0 Å². The molecule has 1 heterocycles. The largest absolute Gasteiger partial charge is 0.314 e. The third-order valence-electron chi connectivity index (χ3n) is 3.06. The molecule has 1 N–H and O–H groups in total. The molecule has 0 spiro atoms. The van der Waals surface area contributed by atoms with Crippen LogP contribution in [0.2, 0.25) is 0 Å². The minimum Gasteiger partial charge on any atom is -0.314 e. The molecule has 17 heavy (non-hydrogen) atoms. The first kappa shape index (κ1) is 14.2. The summed E-state index contributed by atoms with van der Waals surface area (Å²) < 4.78 is 2.03. The summed E-state index contributed by atoms with van der Waals surface area (Å²) in [5, 5.41) is 11.7. The van der Waals surface area contributed by atoms with E-state index in [0.29, 0.717) is 6.04 Å². The highest BCUT2D eigenvalue weighted by molar-refractivity contribution is 4.95. The van der Waals surface area contributed by atoms with Crippen molar-refractivity contribution in [1.82, 2.24) is 20.3 Å². The normalized spacial score (nSPS) is 12.9. The summed E-state index contributed by atoms with van der Waals surface area (Å²) in [4.78, 5) is 0. The molecule has 0 bridgehead atoms. The summed E-state index contributed by atoms with van der Waals surface area (Å²) in [5.41, 5.74) is 1.27. The van der Waals surface area contributed by atoms with E-state index in [4.69, 9.17) is 0 Å². The fraction of sp³-hybridized carbons (Fsp3) is 0.846. The number of nitrogens with one attached hydrogen (secondary N) is 1. The van der Waals surface area contributed by atoms with E-state index in [1.54, 1.807) is 0 Å². The molecule has 1 atom stereocenters. The van der Waals surface area contributed by atoms with E-state index in [2.05, 4.69) is 36.4 Å². The zero-order valence-electron chi connectivity index (χ0n) is 11.4. The first-order valence-corrected chi connectivity index (χ1v) is 6.92. The molecule has 0 aliphatic carbocycles. The first-order valence-electron chi connectivity index (χ1n) is 6.92. The zero-order chi connectivity index (χ0) is 12.5. The van der Waals surface area contributed by atoms with Crippen LogP contribution in [0.1, 0.15) is 52.1 Å². The maximum atomic E-state index is 4.12. The molecule has 1 rings (SSSR count). The van der Waals surface area contributed by atoms with Crippen LogP contribution in [0.25, 0.3) is 0 Å². The molecule has 1 aromatic heterocycles. The van der Waals surface area contributed by atoms with Crippen LogP contribution in [0.15, 0.2) is 6.20 Å². The molecule has 1 unspecified atom stereocenters. The van der Waals surface area contributed by atoms with Gasteiger partial charge in [0, 0.05) is 12.6 Å². The van der Waals surface area contributed by atoms with Crippen molar-refractivity contribution in [3.8, 4) is 0 Å². The molecule has 4 nitrogen and oxygen atoms in total. The quantitative estimate of drug-likeness (QED) is 0.718. The van der Waals surface area contributed by atoms with Gasteiger partial charge in [-0.25, -0.2) is 4.68 Å². The Hall–Kier alpha value is -0.900. The van der Waals surface area contributed by atoms with Gasteiger partial charge in [-0.05, 0) is 38.6 Å². The van der Waals surface area contributed by atoms with Crippen LogP contribution in [0.4, 0.5) is 0 Å². The number of nitrogens with zero attached hydrogens (tertiary/aromatic N) is 3. The van der Waals surface area contributed by atoms with Gasteiger partial charge in [-0.3, -0.25) is 0 Å². The molecule has 0 amide bonds. The summed E-state index contributed by atoms with van der Waals surface area (Å²) in [5.74, 6) is 0. The smallest absolute Gasteiger partial charge is 0.0725 e. The first-order chi connectivity index (χ1) is 8.31. The van der Waals surface area contributed by atoms with Crippen molar-refractivity contribution in [1.29, 1.82) is 0 Å². The van der Waals surface area contributed by atoms with Crippen molar-refractivity contribution >= 4 is 0 Å². The molecule has 1 aromatic rings. The van der Waals surface area contributed by atoms with Crippen LogP contribution in [-0.4, -0.2) is 27.6 Å². The van der Waals surface area contributed by atoms with Crippen LogP contribution in [0, 0.1) is 0 Å². The summed E-state index contributed by atoms with van der Waals surface area (Å²) in [6.45, 7) is 8.72. The zero-order valence-corrected chi connectivity index (χ0v) is 11.4. The lowest BCUT2D eigenvalue weighted by Gasteiger charge is -2.16. The van der Waals surface area contributed by atoms with E-state index < -0.39 is 0 Å². The van der Waals surface area contributed by atoms with Crippen molar-refractivity contribution in [2.24, 2.45) is 0 Å². The van der Waals surface area contributed by atoms with E-state index in [0.717, 1.165) is 25.9 Å². The lowest BCUT2D eigenvalue weighted by molar-refractivity contribution is 0.457. The van der Waals surface area contributed by atoms with Gasteiger partial charge in [0.1, 0.15) is 0 Å². The van der Waals surface area contributed by atoms with Crippen molar-refractivity contribution in [2.75, 3.05) is 6.54 Å². The molecule has 0 saturated heterocycles. The van der Waals surface area contributed by atoms with Crippen LogP contribution in [0.5, 0.6) is 0 Å². The van der Waals surface area contributed by atoms with Crippen molar-refractivity contribution < 1.29 is 0 Å². The number of hydrogen-bond acceptors (Lipinski definition) is 3. The molecular weight excluding hydrogens is 212 g/mol. The predicted molar refractivity (Wildman–Crippen MR) is 71.0 cm³/mol. The molecular formula is C13H26N4. The SMILES string of the molecule is CCCNC(CC)CCc1cnnn1CCC. The Morgan fingerprint density at radius 2 is 2.12 bits per heavy atom. The van der Waals surface area contributed by atoms with Gasteiger partial charge in [0.25, 0.3) is 0 Å². The highest BCUT2D eigenvalue weighted by Crippen LogP contribution is 2.07. The Morgan fingerprint density at radius 3 is 2.76 bits per heavy atom. The Morgan fingerprint density at radius 1 is 1.29 bits per heavy atom. The molecule has 0 aromatic carbocycles. The standard InChI is InChI=1S/C13H26N4/c1-4-9-14-12(6-3)7-8-13-11-15-16-17(13)10-5-2/h11-12,14H,4-10H2,1-3H3. The molecule has 98 valence electrons. The third-order valence-corrected chi connectivity index (χ3v) is 3.06. The fourth-order valence-electron chi connectivity index (χ4n) is 1.99. The van der Waals surface area contributed by atoms with E-state index in [-0.39, 0.29) is 0 Å². The second-order valence-corrected chi connectivity index (χ2v) is 4.55. The second kappa shape index (κ2) is 8.23. The van der Waals surface area contributed by atoms with Gasteiger partial charge in [0.2, 0.25) is 0 Å². The average molecular weight is 238 g/mol. The Kier molecular flexibility index (Phi) is 6.86. The summed E-state index contributed by atoms with van der Waals surface area (Å²) >= 11 is 0. The monoisotopic (exact) mass is 238 g/mol. The van der Waals surface area contributed by atoms with Crippen molar-refractivity contribution in [3.63, 3.8) is 0 Å². The van der Waals surface area contributed by atoms with Crippen LogP contribution in [0.3, 0.4) is 0 Å². The molecule has 0 aliphatic heterocycles. The predicted octanol–water partition coefficient (Wildman–Crippen LogP) is 2.40. The number of rotatable bonds is 9. The third kappa shape index (κ3) is 4.86. The minimum atomic E-state index is 0.625. The van der Waals surface area contributed by atoms with Crippen molar-refractivity contribution in [3.05, 3.63) is 11.9 Å². The van der Waals surface area contributed by atoms with E-state index in [1.807, 2.05) is 10.9 Å². The lowest BCUT2D eigenvalue weighted by Crippen LogP contribution is -2.29. The maximum Gasteiger partial charge on any atom is 0.0725 e. The summed E-state index contributed by atoms with van der Waals surface area (Å²) in [6.07, 6.45) is 7.65. The fourth-order valence-corrected chi connectivity index (χ4v) is 1.99. The molecule has 0 radical (unpaired) electrons. The number of aromatic nitrogens is 3. The van der Waals surface area contributed by atoms with Gasteiger partial charge >= 0.3 is 0 Å². The van der Waals surface area contributed by atoms with Gasteiger partial charge in [0.05, 0.1) is 11.9 Å². The van der Waals surface area contributed by atoms with Crippen LogP contribution < -0.4 is 5.32 Å². The second-order valence-electron chi connectivity index (χ2n) is 4.55. The van der Waals surface area contributed by atoms with Gasteiger partial charge in [0.15, 0.2) is 0 Å². The van der Waals surface area contributed by atoms with Crippen LogP contribution >= 0.6 is 0 Å². The lowest BCUT2D eigenvalue weighted by atomic mass is 10.1. The maximum absolute atomic E-state index is 4.12. The average Bonchev–Trinajstić information content (AvgIpc) is 2.78. The Bertz CT molecular complexity index is 295. The van der Waals surface area contributed by atoms with Gasteiger partial charge in [-0.2, -0.15) is 0 Å². The Labute approximate surface area is 105 Å². The molecule has 0 saturated carbocycles. The highest BCUT2D eigenvalue weighted by atomic mass is 15.4. The molecule has 4 heteroatoms. The highest BCUT2D eigenvalue weighted by Gasteiger charge is 2.08. The topological polar surface area (TPSA) is 42.7 Å². The van der Waals surface area contributed by atoms with Gasteiger partial charge in [-0.15, -0.1) is 5.10 Å². The van der Waals surface area contributed by atoms with E-state index in [1.165, 1.54) is 25.0 Å². The Balaban J connectivity index is 2.39. The molecule has 0 aliphatic rings. The van der Waals surface area contributed by atoms with Gasteiger partial charge in [-0.1, -0.05) is 26.0 Å². The van der Waals surface area contributed by atoms with Gasteiger partial charge < -0.3 is 5.32 Å². The summed E-state index contributed by atoms with van der Waals surface area (Å²) in [7, 11) is 0. The van der Waals surface area contributed by atoms with E-state index >= 15 is 0 Å². The number of aryl methyl sites for hydroxylation is 2. The summed E-state index contributed by atoms with van der Waals surface area (Å²) in [6, 6.07) is 0.625. The number of hydrogen-bond donors (Lipinski definition) is 1. The molecule has 0 fully saturated rings. The van der Waals surface area contributed by atoms with Crippen molar-refractivity contribution in [2.45, 2.75) is 65.5 Å². The minimum absolute atomic E-state index is 0.625.